The van der Waals surface area contributed by atoms with Crippen molar-refractivity contribution in [2.45, 2.75) is 39.3 Å². The Bertz CT molecular complexity index is 575. The van der Waals surface area contributed by atoms with Crippen LogP contribution in [0.15, 0.2) is 12.2 Å². The number of nitrogens with zero attached hydrogens (tertiary/aromatic N) is 2. The molecule has 0 aromatic heterocycles. The third-order valence-corrected chi connectivity index (χ3v) is 5.08. The summed E-state index contributed by atoms with van der Waals surface area (Å²) in [6.45, 7) is 4.87. The van der Waals surface area contributed by atoms with Gasteiger partial charge in [0.2, 0.25) is 11.8 Å². The minimum absolute atomic E-state index is 0.0178. The number of primary amides is 1. The summed E-state index contributed by atoms with van der Waals surface area (Å²) in [7, 11) is -4.20. The van der Waals surface area contributed by atoms with Gasteiger partial charge in [-0.3, -0.25) is 14.8 Å². The van der Waals surface area contributed by atoms with Gasteiger partial charge in [0.25, 0.3) is 0 Å². The molecule has 1 rings (SSSR count). The van der Waals surface area contributed by atoms with E-state index in [9.17, 15) is 23.2 Å². The number of amides is 2. The molecule has 1 heterocycles. The van der Waals surface area contributed by atoms with Crippen LogP contribution in [-0.4, -0.2) is 59.4 Å². The highest BCUT2D eigenvalue weighted by atomic mass is 32.2. The maximum Gasteiger partial charge on any atom is 0.305 e. The Kier molecular flexibility index (Phi) is 6.69. The molecule has 10 heteroatoms. The van der Waals surface area contributed by atoms with Crippen LogP contribution in [0.3, 0.4) is 0 Å². The normalized spacial score (nSPS) is 21.6. The van der Waals surface area contributed by atoms with E-state index in [-0.39, 0.29) is 29.9 Å². The molecule has 4 N–H and O–H groups in total. The van der Waals surface area contributed by atoms with E-state index < -0.39 is 34.1 Å². The minimum Gasteiger partial charge on any atom is -0.368 e. The van der Waals surface area contributed by atoms with Crippen LogP contribution in [0.1, 0.15) is 27.2 Å². The fourth-order valence-corrected chi connectivity index (χ4v) is 3.42. The number of nitrogens with two attached hydrogens (primary N) is 1. The van der Waals surface area contributed by atoms with E-state index in [0.717, 1.165) is 4.31 Å². The summed E-state index contributed by atoms with van der Waals surface area (Å²) in [5.74, 6) is -1.33. The highest BCUT2D eigenvalue weighted by molar-refractivity contribution is 7.86. The Labute approximate surface area is 136 Å². The molecule has 0 fully saturated rings. The summed E-state index contributed by atoms with van der Waals surface area (Å²) in [6, 6.07) is -1.98. The molecule has 0 aromatic carbocycles. The topological polar surface area (TPSA) is 133 Å². The number of rotatable bonds is 6. The number of hydroxylamine groups is 1. The molecule has 0 radical (unpaired) electrons. The third-order valence-electron chi connectivity index (χ3n) is 3.41. The number of carbonyl (C=O) groups is 2. The molecule has 23 heavy (non-hydrogen) atoms. The molecule has 2 amide bonds. The van der Waals surface area contributed by atoms with E-state index in [4.69, 9.17) is 5.73 Å². The van der Waals surface area contributed by atoms with Crippen molar-refractivity contribution in [3.63, 3.8) is 0 Å². The Hall–Kier alpha value is -1.49. The Morgan fingerprint density at radius 1 is 1.26 bits per heavy atom. The monoisotopic (exact) mass is 348 g/mol. The second kappa shape index (κ2) is 7.86. The molecule has 0 aromatic rings. The fraction of sp³-hybridized carbons (Fsp3) is 0.692. The van der Waals surface area contributed by atoms with Crippen molar-refractivity contribution in [1.29, 1.82) is 0 Å². The second-order valence-electron chi connectivity index (χ2n) is 5.83. The average molecular weight is 348 g/mol. The largest absolute Gasteiger partial charge is 0.368 e. The molecule has 0 spiro atoms. The Balaban J connectivity index is 3.11. The minimum atomic E-state index is -4.20. The summed E-state index contributed by atoms with van der Waals surface area (Å²) in [6.07, 6.45) is 3.29. The molecule has 0 bridgehead atoms. The second-order valence-corrected chi connectivity index (χ2v) is 7.62. The predicted molar refractivity (Wildman–Crippen MR) is 83.3 cm³/mol. The molecule has 0 aliphatic carbocycles. The number of hydrogen-bond donors (Lipinski definition) is 3. The predicted octanol–water partition coefficient (Wildman–Crippen LogP) is -0.801. The molecular formula is C13H24N4O5S. The van der Waals surface area contributed by atoms with Crippen molar-refractivity contribution in [2.75, 3.05) is 13.1 Å². The first-order valence-electron chi connectivity index (χ1n) is 7.30. The van der Waals surface area contributed by atoms with Crippen molar-refractivity contribution in [2.24, 2.45) is 11.7 Å². The van der Waals surface area contributed by atoms with Gasteiger partial charge >= 0.3 is 10.2 Å². The van der Waals surface area contributed by atoms with Crippen LogP contribution in [0, 0.1) is 5.92 Å². The molecular weight excluding hydrogens is 324 g/mol. The number of hydrogen-bond acceptors (Lipinski definition) is 5. The Morgan fingerprint density at radius 3 is 2.35 bits per heavy atom. The van der Waals surface area contributed by atoms with Crippen LogP contribution >= 0.6 is 0 Å². The first-order chi connectivity index (χ1) is 10.6. The van der Waals surface area contributed by atoms with Crippen LogP contribution in [0.25, 0.3) is 0 Å². The molecule has 9 nitrogen and oxygen atoms in total. The van der Waals surface area contributed by atoms with Crippen molar-refractivity contribution >= 4 is 22.0 Å². The lowest BCUT2D eigenvalue weighted by Gasteiger charge is -2.31. The average Bonchev–Trinajstić information content (AvgIpc) is 2.55. The summed E-state index contributed by atoms with van der Waals surface area (Å²) in [4.78, 5) is 23.6. The lowest BCUT2D eigenvalue weighted by Crippen LogP contribution is -2.55. The van der Waals surface area contributed by atoms with E-state index in [2.05, 4.69) is 5.32 Å². The van der Waals surface area contributed by atoms with Crippen molar-refractivity contribution in [1.82, 2.24) is 14.1 Å². The van der Waals surface area contributed by atoms with Gasteiger partial charge in [-0.2, -0.15) is 12.7 Å². The SMILES string of the molecule is CC(C)C[C@H](C(=O)N[C@@H](C)C(N)=O)N1CC=CCN(O)S1(=O)=O. The van der Waals surface area contributed by atoms with Crippen LogP contribution in [-0.2, 0) is 19.8 Å². The van der Waals surface area contributed by atoms with Gasteiger partial charge in [0.15, 0.2) is 0 Å². The van der Waals surface area contributed by atoms with E-state index in [1.165, 1.54) is 13.0 Å². The molecule has 1 aliphatic heterocycles. The third kappa shape index (κ3) is 4.99. The fourth-order valence-electron chi connectivity index (χ4n) is 2.12. The van der Waals surface area contributed by atoms with Gasteiger partial charge in [-0.05, 0) is 19.3 Å². The summed E-state index contributed by atoms with van der Waals surface area (Å²) in [5, 5.41) is 12.1. The molecule has 132 valence electrons. The summed E-state index contributed by atoms with van der Waals surface area (Å²) < 4.78 is 25.8. The van der Waals surface area contributed by atoms with Gasteiger partial charge < -0.3 is 11.1 Å². The zero-order valence-electron chi connectivity index (χ0n) is 13.5. The van der Waals surface area contributed by atoms with Crippen LogP contribution in [0.4, 0.5) is 0 Å². The number of nitrogens with one attached hydrogen (secondary N) is 1. The van der Waals surface area contributed by atoms with Crippen LogP contribution in [0.5, 0.6) is 0 Å². The Morgan fingerprint density at radius 2 is 1.83 bits per heavy atom. The van der Waals surface area contributed by atoms with E-state index in [0.29, 0.717) is 0 Å². The van der Waals surface area contributed by atoms with E-state index in [1.807, 2.05) is 13.8 Å². The van der Waals surface area contributed by atoms with Gasteiger partial charge in [0.1, 0.15) is 12.1 Å². The van der Waals surface area contributed by atoms with Gasteiger partial charge in [0.05, 0.1) is 6.54 Å². The number of carbonyl (C=O) groups excluding carboxylic acids is 2. The molecule has 0 unspecified atom stereocenters. The summed E-state index contributed by atoms with van der Waals surface area (Å²) in [5.41, 5.74) is 5.12. The highest BCUT2D eigenvalue weighted by Crippen LogP contribution is 2.20. The standard InChI is InChI=1S/C13H24N4O5S/c1-9(2)8-11(13(19)15-10(3)12(14)18)16-6-4-5-7-17(20)23(16,21)22/h4-5,9-11,20H,6-8H2,1-3H3,(H2,14,18)(H,15,19)/t10-,11+/m0/s1. The van der Waals surface area contributed by atoms with Gasteiger partial charge in [-0.1, -0.05) is 30.5 Å². The molecule has 1 aliphatic rings. The maximum atomic E-state index is 12.5. The molecule has 0 saturated heterocycles. The summed E-state index contributed by atoms with van der Waals surface area (Å²) >= 11 is 0. The van der Waals surface area contributed by atoms with Gasteiger partial charge in [-0.25, -0.2) is 0 Å². The van der Waals surface area contributed by atoms with Crippen molar-refractivity contribution in [3.05, 3.63) is 12.2 Å². The molecule has 2 atom stereocenters. The lowest BCUT2D eigenvalue weighted by molar-refractivity contribution is -0.129. The first-order valence-corrected chi connectivity index (χ1v) is 8.70. The quantitative estimate of drug-likeness (QED) is 0.540. The zero-order chi connectivity index (χ0) is 17.8. The van der Waals surface area contributed by atoms with Gasteiger partial charge in [0, 0.05) is 6.54 Å². The lowest BCUT2D eigenvalue weighted by atomic mass is 10.0. The van der Waals surface area contributed by atoms with E-state index >= 15 is 0 Å². The van der Waals surface area contributed by atoms with Crippen molar-refractivity contribution in [3.8, 4) is 0 Å². The maximum absolute atomic E-state index is 12.5. The molecule has 0 saturated carbocycles. The zero-order valence-corrected chi connectivity index (χ0v) is 14.3. The van der Waals surface area contributed by atoms with Crippen LogP contribution in [0.2, 0.25) is 0 Å². The smallest absolute Gasteiger partial charge is 0.305 e. The first kappa shape index (κ1) is 19.6. The van der Waals surface area contributed by atoms with Crippen molar-refractivity contribution < 1.29 is 23.2 Å². The van der Waals surface area contributed by atoms with Crippen LogP contribution < -0.4 is 11.1 Å². The van der Waals surface area contributed by atoms with Gasteiger partial charge in [-0.15, -0.1) is 0 Å². The van der Waals surface area contributed by atoms with E-state index in [1.54, 1.807) is 6.08 Å². The highest BCUT2D eigenvalue weighted by Gasteiger charge is 2.39.